The summed E-state index contributed by atoms with van der Waals surface area (Å²) in [6.45, 7) is 4.13. The molecule has 1 heterocycles. The molecule has 0 spiro atoms. The molecule has 1 aromatic carbocycles. The lowest BCUT2D eigenvalue weighted by atomic mass is 10.0. The van der Waals surface area contributed by atoms with Crippen LogP contribution in [0.4, 0.5) is 10.1 Å². The third kappa shape index (κ3) is 2.12. The Kier molecular flexibility index (Phi) is 3.66. The van der Waals surface area contributed by atoms with Crippen LogP contribution < -0.4 is 4.90 Å². The molecule has 98 valence electrons. The van der Waals surface area contributed by atoms with Crippen LogP contribution in [0.5, 0.6) is 0 Å². The van der Waals surface area contributed by atoms with Gasteiger partial charge in [0.2, 0.25) is 0 Å². The molecule has 4 heteroatoms. The van der Waals surface area contributed by atoms with Crippen molar-refractivity contribution < 1.29 is 14.3 Å². The Bertz CT molecular complexity index is 461. The van der Waals surface area contributed by atoms with Crippen LogP contribution in [0.15, 0.2) is 18.2 Å². The Morgan fingerprint density at radius 2 is 2.28 bits per heavy atom. The summed E-state index contributed by atoms with van der Waals surface area (Å²) in [5.74, 6) is -0.245. The first-order chi connectivity index (χ1) is 8.56. The molecule has 0 aliphatic carbocycles. The molecule has 3 nitrogen and oxygen atoms in total. The second-order valence-corrected chi connectivity index (χ2v) is 4.90. The molecule has 0 aromatic heterocycles. The van der Waals surface area contributed by atoms with Crippen LogP contribution in [0.3, 0.4) is 0 Å². The summed E-state index contributed by atoms with van der Waals surface area (Å²) in [4.78, 5) is 13.4. The van der Waals surface area contributed by atoms with E-state index in [2.05, 4.69) is 0 Å². The van der Waals surface area contributed by atoms with Gasteiger partial charge in [-0.2, -0.15) is 0 Å². The van der Waals surface area contributed by atoms with Crippen molar-refractivity contribution in [1.29, 1.82) is 0 Å². The van der Waals surface area contributed by atoms with Crippen molar-refractivity contribution in [2.45, 2.75) is 26.3 Å². The largest absolute Gasteiger partial charge is 0.394 e. The summed E-state index contributed by atoms with van der Waals surface area (Å²) in [6, 6.07) is 4.43. The standard InChI is InChI=1S/C14H18FNO2/c1-9-6-7-16(13(9)8-17)14-11(10(2)18)4-3-5-12(14)15/h3-5,9,13,17H,6-8H2,1-2H3. The van der Waals surface area contributed by atoms with E-state index < -0.39 is 5.82 Å². The number of aliphatic hydroxyl groups is 1. The van der Waals surface area contributed by atoms with E-state index in [1.807, 2.05) is 11.8 Å². The number of ketones is 1. The summed E-state index contributed by atoms with van der Waals surface area (Å²) >= 11 is 0. The zero-order valence-corrected chi connectivity index (χ0v) is 10.7. The maximum atomic E-state index is 14.0. The van der Waals surface area contributed by atoms with E-state index in [4.69, 9.17) is 0 Å². The van der Waals surface area contributed by atoms with E-state index in [0.717, 1.165) is 6.42 Å². The second kappa shape index (κ2) is 5.06. The van der Waals surface area contributed by atoms with Crippen molar-refractivity contribution in [1.82, 2.24) is 0 Å². The molecule has 1 aliphatic rings. The Hall–Kier alpha value is -1.42. The van der Waals surface area contributed by atoms with Crippen LogP contribution in [0.25, 0.3) is 0 Å². The van der Waals surface area contributed by atoms with E-state index in [9.17, 15) is 14.3 Å². The minimum atomic E-state index is -0.393. The normalized spacial score (nSPS) is 23.4. The molecule has 1 aromatic rings. The van der Waals surface area contributed by atoms with Gasteiger partial charge < -0.3 is 10.0 Å². The number of carbonyl (C=O) groups excluding carboxylic acids is 1. The number of rotatable bonds is 3. The number of anilines is 1. The Labute approximate surface area is 106 Å². The zero-order chi connectivity index (χ0) is 13.3. The van der Waals surface area contributed by atoms with Gasteiger partial charge in [0.05, 0.1) is 18.3 Å². The number of carbonyl (C=O) groups is 1. The molecule has 18 heavy (non-hydrogen) atoms. The Morgan fingerprint density at radius 1 is 1.56 bits per heavy atom. The van der Waals surface area contributed by atoms with Gasteiger partial charge in [-0.1, -0.05) is 13.0 Å². The predicted molar refractivity (Wildman–Crippen MR) is 68.4 cm³/mol. The lowest BCUT2D eigenvalue weighted by molar-refractivity contribution is 0.101. The third-order valence-corrected chi connectivity index (χ3v) is 3.72. The van der Waals surface area contributed by atoms with E-state index in [-0.39, 0.29) is 18.4 Å². The molecule has 0 saturated carbocycles. The van der Waals surface area contributed by atoms with Gasteiger partial charge in [-0.25, -0.2) is 4.39 Å². The SMILES string of the molecule is CC(=O)c1cccc(F)c1N1CCC(C)C1CO. The van der Waals surface area contributed by atoms with E-state index in [1.165, 1.54) is 13.0 Å². The molecule has 1 aliphatic heterocycles. The van der Waals surface area contributed by atoms with Crippen LogP contribution in [0, 0.1) is 11.7 Å². The summed E-state index contributed by atoms with van der Waals surface area (Å²) in [6.07, 6.45) is 0.900. The average Bonchev–Trinajstić information content (AvgIpc) is 2.69. The third-order valence-electron chi connectivity index (χ3n) is 3.72. The molecule has 1 N–H and O–H groups in total. The van der Waals surface area contributed by atoms with Crippen LogP contribution in [0.2, 0.25) is 0 Å². The second-order valence-electron chi connectivity index (χ2n) is 4.90. The maximum absolute atomic E-state index is 14.0. The first-order valence-corrected chi connectivity index (χ1v) is 6.23. The highest BCUT2D eigenvalue weighted by Crippen LogP contribution is 2.33. The predicted octanol–water partition coefficient (Wildman–Crippen LogP) is 2.24. The molecule has 2 rings (SSSR count). The maximum Gasteiger partial charge on any atom is 0.161 e. The van der Waals surface area contributed by atoms with Crippen molar-refractivity contribution in [3.05, 3.63) is 29.6 Å². The molecular weight excluding hydrogens is 233 g/mol. The highest BCUT2D eigenvalue weighted by atomic mass is 19.1. The van der Waals surface area contributed by atoms with Crippen molar-refractivity contribution in [2.75, 3.05) is 18.1 Å². The first-order valence-electron chi connectivity index (χ1n) is 6.23. The topological polar surface area (TPSA) is 40.5 Å². The fourth-order valence-electron chi connectivity index (χ4n) is 2.66. The summed E-state index contributed by atoms with van der Waals surface area (Å²) < 4.78 is 14.0. The molecule has 0 radical (unpaired) electrons. The highest BCUT2D eigenvalue weighted by Gasteiger charge is 2.33. The average molecular weight is 251 g/mol. The van der Waals surface area contributed by atoms with Crippen molar-refractivity contribution in [3.63, 3.8) is 0 Å². The number of hydrogen-bond acceptors (Lipinski definition) is 3. The summed E-state index contributed by atoms with van der Waals surface area (Å²) in [5.41, 5.74) is 0.732. The lowest BCUT2D eigenvalue weighted by Crippen LogP contribution is -2.36. The number of nitrogens with zero attached hydrogens (tertiary/aromatic N) is 1. The summed E-state index contributed by atoms with van der Waals surface area (Å²) in [7, 11) is 0. The van der Waals surface area contributed by atoms with Gasteiger partial charge in [0, 0.05) is 12.1 Å². The number of hydrogen-bond donors (Lipinski definition) is 1. The quantitative estimate of drug-likeness (QED) is 0.837. The van der Waals surface area contributed by atoms with Gasteiger partial charge in [0.25, 0.3) is 0 Å². The molecule has 2 unspecified atom stereocenters. The van der Waals surface area contributed by atoms with Crippen LogP contribution in [-0.4, -0.2) is 30.1 Å². The van der Waals surface area contributed by atoms with Crippen molar-refractivity contribution in [3.8, 4) is 0 Å². The number of aliphatic hydroxyl groups excluding tert-OH is 1. The van der Waals surface area contributed by atoms with Gasteiger partial charge in [0.1, 0.15) is 5.82 Å². The first kappa shape index (κ1) is 13.0. The number of benzene rings is 1. The Morgan fingerprint density at radius 3 is 2.89 bits per heavy atom. The van der Waals surface area contributed by atoms with E-state index >= 15 is 0 Å². The minimum absolute atomic E-state index is 0.0210. The Balaban J connectivity index is 2.47. The van der Waals surface area contributed by atoms with E-state index in [0.29, 0.717) is 23.7 Å². The van der Waals surface area contributed by atoms with Crippen LogP contribution in [-0.2, 0) is 0 Å². The van der Waals surface area contributed by atoms with Gasteiger partial charge in [0.15, 0.2) is 5.78 Å². The van der Waals surface area contributed by atoms with Crippen molar-refractivity contribution in [2.24, 2.45) is 5.92 Å². The van der Waals surface area contributed by atoms with Gasteiger partial charge in [-0.15, -0.1) is 0 Å². The molecule has 2 atom stereocenters. The molecule has 0 bridgehead atoms. The molecule has 1 saturated heterocycles. The molecule has 0 amide bonds. The van der Waals surface area contributed by atoms with Gasteiger partial charge in [-0.3, -0.25) is 4.79 Å². The molecule has 1 fully saturated rings. The van der Waals surface area contributed by atoms with Crippen molar-refractivity contribution >= 4 is 11.5 Å². The highest BCUT2D eigenvalue weighted by molar-refractivity contribution is 6.00. The number of para-hydroxylation sites is 1. The summed E-state index contributed by atoms with van der Waals surface area (Å²) in [5, 5.41) is 9.44. The fraction of sp³-hybridized carbons (Fsp3) is 0.500. The number of halogens is 1. The zero-order valence-electron chi connectivity index (χ0n) is 10.7. The van der Waals surface area contributed by atoms with Gasteiger partial charge >= 0.3 is 0 Å². The van der Waals surface area contributed by atoms with Crippen LogP contribution >= 0.6 is 0 Å². The van der Waals surface area contributed by atoms with Gasteiger partial charge in [-0.05, 0) is 31.4 Å². The molecular formula is C14H18FNO2. The smallest absolute Gasteiger partial charge is 0.161 e. The lowest BCUT2D eigenvalue weighted by Gasteiger charge is -2.29. The minimum Gasteiger partial charge on any atom is -0.394 e. The van der Waals surface area contributed by atoms with E-state index in [1.54, 1.807) is 12.1 Å². The number of Topliss-reactive ketones (excluding diaryl/α,β-unsaturated/α-hetero) is 1. The monoisotopic (exact) mass is 251 g/mol. The van der Waals surface area contributed by atoms with Crippen LogP contribution in [0.1, 0.15) is 30.6 Å². The fourth-order valence-corrected chi connectivity index (χ4v) is 2.66.